The summed E-state index contributed by atoms with van der Waals surface area (Å²) in [6, 6.07) is 3.80. The molecule has 17 heavy (non-hydrogen) atoms. The van der Waals surface area contributed by atoms with Gasteiger partial charge in [-0.1, -0.05) is 5.16 Å². The summed E-state index contributed by atoms with van der Waals surface area (Å²) >= 11 is 0. The summed E-state index contributed by atoms with van der Waals surface area (Å²) < 4.78 is 5.33. The van der Waals surface area contributed by atoms with E-state index in [2.05, 4.69) is 20.4 Å². The van der Waals surface area contributed by atoms with Crippen molar-refractivity contribution in [2.45, 2.75) is 18.8 Å². The topological polar surface area (TPSA) is 63.8 Å². The van der Waals surface area contributed by atoms with Gasteiger partial charge in [0, 0.05) is 24.5 Å². The first-order valence-electron chi connectivity index (χ1n) is 5.88. The molecule has 0 spiro atoms. The lowest BCUT2D eigenvalue weighted by Gasteiger charge is -2.18. The summed E-state index contributed by atoms with van der Waals surface area (Å²) in [7, 11) is 0. The fraction of sp³-hybridized carbons (Fsp3) is 0.417. The minimum atomic E-state index is 0.349. The number of nitrogens with one attached hydrogen (secondary N) is 1. The van der Waals surface area contributed by atoms with E-state index in [0.29, 0.717) is 11.7 Å². The van der Waals surface area contributed by atoms with Crippen LogP contribution < -0.4 is 5.32 Å². The lowest BCUT2D eigenvalue weighted by molar-refractivity contribution is 0.322. The largest absolute Gasteiger partial charge is 0.339 e. The SMILES string of the molecule is c1cncc(-c2noc([C@H]3CCCNC3)n2)c1. The first-order valence-corrected chi connectivity index (χ1v) is 5.88. The van der Waals surface area contributed by atoms with Crippen LogP contribution in [0.15, 0.2) is 29.0 Å². The van der Waals surface area contributed by atoms with Gasteiger partial charge in [0.15, 0.2) is 0 Å². The Kier molecular flexibility index (Phi) is 2.83. The van der Waals surface area contributed by atoms with Crippen molar-refractivity contribution in [2.24, 2.45) is 0 Å². The highest BCUT2D eigenvalue weighted by Gasteiger charge is 2.21. The highest BCUT2D eigenvalue weighted by molar-refractivity contribution is 5.51. The van der Waals surface area contributed by atoms with Gasteiger partial charge in [-0.3, -0.25) is 4.98 Å². The van der Waals surface area contributed by atoms with Crippen LogP contribution in [0, 0.1) is 0 Å². The second-order valence-corrected chi connectivity index (χ2v) is 4.24. The molecule has 3 rings (SSSR count). The first-order chi connectivity index (χ1) is 8.43. The molecule has 0 bridgehead atoms. The van der Waals surface area contributed by atoms with Crippen LogP contribution in [0.1, 0.15) is 24.7 Å². The number of rotatable bonds is 2. The zero-order chi connectivity index (χ0) is 11.5. The van der Waals surface area contributed by atoms with Crippen LogP contribution in [0.4, 0.5) is 0 Å². The first kappa shape index (κ1) is 10.4. The second kappa shape index (κ2) is 4.63. The van der Waals surface area contributed by atoms with E-state index in [9.17, 15) is 0 Å². The molecule has 1 N–H and O–H groups in total. The molecule has 0 unspecified atom stereocenters. The van der Waals surface area contributed by atoms with E-state index in [4.69, 9.17) is 4.52 Å². The molecule has 2 aromatic heterocycles. The third-order valence-corrected chi connectivity index (χ3v) is 3.01. The van der Waals surface area contributed by atoms with Crippen LogP contribution in [0.25, 0.3) is 11.4 Å². The Labute approximate surface area is 99.3 Å². The summed E-state index contributed by atoms with van der Waals surface area (Å²) in [5.74, 6) is 1.70. The Morgan fingerprint density at radius 1 is 1.41 bits per heavy atom. The van der Waals surface area contributed by atoms with Crippen molar-refractivity contribution in [3.05, 3.63) is 30.4 Å². The van der Waals surface area contributed by atoms with E-state index >= 15 is 0 Å². The second-order valence-electron chi connectivity index (χ2n) is 4.24. The number of pyridine rings is 1. The van der Waals surface area contributed by atoms with Gasteiger partial charge < -0.3 is 9.84 Å². The van der Waals surface area contributed by atoms with Crippen molar-refractivity contribution >= 4 is 0 Å². The zero-order valence-corrected chi connectivity index (χ0v) is 9.47. The van der Waals surface area contributed by atoms with Crippen molar-refractivity contribution in [3.8, 4) is 11.4 Å². The molecular weight excluding hydrogens is 216 g/mol. The van der Waals surface area contributed by atoms with Crippen LogP contribution >= 0.6 is 0 Å². The maximum Gasteiger partial charge on any atom is 0.231 e. The fourth-order valence-corrected chi connectivity index (χ4v) is 2.08. The predicted octanol–water partition coefficient (Wildman–Crippen LogP) is 1.60. The van der Waals surface area contributed by atoms with Gasteiger partial charge in [-0.15, -0.1) is 0 Å². The molecule has 1 saturated heterocycles. The molecule has 3 heterocycles. The van der Waals surface area contributed by atoms with Crippen LogP contribution in [-0.4, -0.2) is 28.2 Å². The van der Waals surface area contributed by atoms with Crippen LogP contribution in [0.5, 0.6) is 0 Å². The Morgan fingerprint density at radius 2 is 2.41 bits per heavy atom. The molecule has 1 aliphatic rings. The van der Waals surface area contributed by atoms with Gasteiger partial charge in [-0.2, -0.15) is 4.98 Å². The van der Waals surface area contributed by atoms with E-state index in [1.165, 1.54) is 0 Å². The third kappa shape index (κ3) is 2.19. The highest BCUT2D eigenvalue weighted by atomic mass is 16.5. The van der Waals surface area contributed by atoms with Crippen molar-refractivity contribution in [3.63, 3.8) is 0 Å². The molecule has 0 saturated carbocycles. The van der Waals surface area contributed by atoms with Gasteiger partial charge >= 0.3 is 0 Å². The summed E-state index contributed by atoms with van der Waals surface area (Å²) in [5, 5.41) is 7.35. The summed E-state index contributed by atoms with van der Waals surface area (Å²) in [6.45, 7) is 2.01. The van der Waals surface area contributed by atoms with Gasteiger partial charge in [0.25, 0.3) is 0 Å². The molecule has 0 aliphatic carbocycles. The van der Waals surface area contributed by atoms with E-state index in [1.807, 2.05) is 12.1 Å². The fourth-order valence-electron chi connectivity index (χ4n) is 2.08. The van der Waals surface area contributed by atoms with E-state index in [1.54, 1.807) is 12.4 Å². The third-order valence-electron chi connectivity index (χ3n) is 3.01. The molecule has 0 aromatic carbocycles. The smallest absolute Gasteiger partial charge is 0.231 e. The minimum absolute atomic E-state index is 0.349. The molecule has 1 fully saturated rings. The van der Waals surface area contributed by atoms with Gasteiger partial charge in [0.2, 0.25) is 11.7 Å². The van der Waals surface area contributed by atoms with E-state index in [0.717, 1.165) is 37.4 Å². The lowest BCUT2D eigenvalue weighted by atomic mass is 10.00. The molecule has 1 atom stereocenters. The highest BCUT2D eigenvalue weighted by Crippen LogP contribution is 2.23. The monoisotopic (exact) mass is 230 g/mol. The Hall–Kier alpha value is -1.75. The van der Waals surface area contributed by atoms with Crippen LogP contribution in [0.2, 0.25) is 0 Å². The Morgan fingerprint density at radius 3 is 3.18 bits per heavy atom. The van der Waals surface area contributed by atoms with Gasteiger partial charge in [0.1, 0.15) is 0 Å². The van der Waals surface area contributed by atoms with Crippen molar-refractivity contribution in [1.82, 2.24) is 20.4 Å². The maximum atomic E-state index is 5.33. The quantitative estimate of drug-likeness (QED) is 0.849. The van der Waals surface area contributed by atoms with E-state index in [-0.39, 0.29) is 0 Å². The van der Waals surface area contributed by atoms with E-state index < -0.39 is 0 Å². The summed E-state index contributed by atoms with van der Waals surface area (Å²) in [4.78, 5) is 8.50. The maximum absolute atomic E-state index is 5.33. The number of aromatic nitrogens is 3. The number of hydrogen-bond acceptors (Lipinski definition) is 5. The van der Waals surface area contributed by atoms with Crippen molar-refractivity contribution in [1.29, 1.82) is 0 Å². The van der Waals surface area contributed by atoms with Gasteiger partial charge in [0.05, 0.1) is 5.92 Å². The molecule has 0 amide bonds. The average molecular weight is 230 g/mol. The van der Waals surface area contributed by atoms with Crippen molar-refractivity contribution in [2.75, 3.05) is 13.1 Å². The van der Waals surface area contributed by atoms with Crippen molar-refractivity contribution < 1.29 is 4.52 Å². The van der Waals surface area contributed by atoms with Gasteiger partial charge in [-0.05, 0) is 31.5 Å². The number of hydrogen-bond donors (Lipinski definition) is 1. The normalized spacial score (nSPS) is 20.4. The standard InChI is InChI=1S/C12H14N4O/c1-3-9(7-13-5-1)11-15-12(17-16-11)10-4-2-6-14-8-10/h1,3,5,7,10,14H,2,4,6,8H2/t10-/m0/s1. The molecule has 0 radical (unpaired) electrons. The lowest BCUT2D eigenvalue weighted by Crippen LogP contribution is -2.28. The van der Waals surface area contributed by atoms with Gasteiger partial charge in [-0.25, -0.2) is 0 Å². The molecule has 1 aliphatic heterocycles. The summed E-state index contributed by atoms with van der Waals surface area (Å²) in [6.07, 6.45) is 5.75. The average Bonchev–Trinajstić information content (AvgIpc) is 2.90. The van der Waals surface area contributed by atoms with Crippen LogP contribution in [-0.2, 0) is 0 Å². The molecule has 5 nitrogen and oxygen atoms in total. The zero-order valence-electron chi connectivity index (χ0n) is 9.47. The molecule has 88 valence electrons. The van der Waals surface area contributed by atoms with Crippen LogP contribution in [0.3, 0.4) is 0 Å². The number of nitrogens with zero attached hydrogens (tertiary/aromatic N) is 3. The minimum Gasteiger partial charge on any atom is -0.339 e. The summed E-state index contributed by atoms with van der Waals surface area (Å²) in [5.41, 5.74) is 0.895. The number of piperidine rings is 1. The Balaban J connectivity index is 1.83. The Bertz CT molecular complexity index is 476. The molecule has 5 heteroatoms. The molecular formula is C12H14N4O. The predicted molar refractivity (Wildman–Crippen MR) is 62.4 cm³/mol. The molecule has 2 aromatic rings.